The van der Waals surface area contributed by atoms with Gasteiger partial charge in [0.2, 0.25) is 11.8 Å². The molecule has 1 N–H and O–H groups in total. The summed E-state index contributed by atoms with van der Waals surface area (Å²) in [5.41, 5.74) is 2.29. The molecule has 1 aromatic carbocycles. The summed E-state index contributed by atoms with van der Waals surface area (Å²) < 4.78 is 0. The van der Waals surface area contributed by atoms with Gasteiger partial charge in [-0.1, -0.05) is 12.1 Å². The Labute approximate surface area is 174 Å². The molecule has 0 spiro atoms. The number of piperidine rings is 1. The molecule has 3 aliphatic rings. The second kappa shape index (κ2) is 8.86. The van der Waals surface area contributed by atoms with Crippen molar-refractivity contribution in [2.24, 2.45) is 5.92 Å². The van der Waals surface area contributed by atoms with Crippen molar-refractivity contribution in [3.05, 3.63) is 29.8 Å². The maximum absolute atomic E-state index is 12.6. The third-order valence-corrected chi connectivity index (χ3v) is 7.44. The van der Waals surface area contributed by atoms with E-state index in [9.17, 15) is 9.59 Å². The number of rotatable bonds is 4. The monoisotopic (exact) mass is 397 g/mol. The van der Waals surface area contributed by atoms with Gasteiger partial charge < -0.3 is 10.2 Å². The highest BCUT2D eigenvalue weighted by molar-refractivity contribution is 5.92. The van der Waals surface area contributed by atoms with Gasteiger partial charge in [0.25, 0.3) is 0 Å². The van der Waals surface area contributed by atoms with Crippen LogP contribution in [0.15, 0.2) is 24.3 Å². The Morgan fingerprint density at radius 2 is 1.69 bits per heavy atom. The van der Waals surface area contributed by atoms with E-state index in [1.807, 2.05) is 4.90 Å². The number of carbonyl (C=O) groups excluding carboxylic acids is 2. The summed E-state index contributed by atoms with van der Waals surface area (Å²) in [4.78, 5) is 28.6. The van der Waals surface area contributed by atoms with Crippen LogP contribution in [0.25, 0.3) is 0 Å². The summed E-state index contributed by atoms with van der Waals surface area (Å²) in [6.07, 6.45) is 8.06. The zero-order chi connectivity index (χ0) is 20.4. The first kappa shape index (κ1) is 20.4. The molecule has 3 unspecified atom stereocenters. The molecular weight excluding hydrogens is 362 g/mol. The zero-order valence-corrected chi connectivity index (χ0v) is 17.9. The topological polar surface area (TPSA) is 52.7 Å². The van der Waals surface area contributed by atoms with Crippen molar-refractivity contribution in [1.82, 2.24) is 9.80 Å². The third-order valence-electron chi connectivity index (χ3n) is 7.44. The lowest BCUT2D eigenvalue weighted by molar-refractivity contribution is -0.132. The highest BCUT2D eigenvalue weighted by atomic mass is 16.2. The van der Waals surface area contributed by atoms with Gasteiger partial charge in [0.05, 0.1) is 0 Å². The summed E-state index contributed by atoms with van der Waals surface area (Å²) in [5.74, 6) is 0.842. The van der Waals surface area contributed by atoms with E-state index in [0.717, 1.165) is 30.6 Å². The molecule has 4 rings (SSSR count). The number of likely N-dealkylation sites (tertiary alicyclic amines) is 2. The minimum atomic E-state index is 0.00307. The van der Waals surface area contributed by atoms with Crippen LogP contribution in [0.5, 0.6) is 0 Å². The SMILES string of the molecule is CC(=O)N1CCC(C(=O)Nc2ccc(C3CCC(N4CCCC4C)C3)cc2)CC1. The fourth-order valence-corrected chi connectivity index (χ4v) is 5.60. The minimum absolute atomic E-state index is 0.00307. The summed E-state index contributed by atoms with van der Waals surface area (Å²) in [5, 5.41) is 3.08. The summed E-state index contributed by atoms with van der Waals surface area (Å²) in [7, 11) is 0. The maximum Gasteiger partial charge on any atom is 0.227 e. The largest absolute Gasteiger partial charge is 0.343 e. The van der Waals surface area contributed by atoms with E-state index in [4.69, 9.17) is 0 Å². The highest BCUT2D eigenvalue weighted by Gasteiger charge is 2.34. The predicted octanol–water partition coefficient (Wildman–Crippen LogP) is 4.00. The Bertz CT molecular complexity index is 724. The molecular formula is C24H35N3O2. The van der Waals surface area contributed by atoms with Crippen LogP contribution in [0.3, 0.4) is 0 Å². The molecule has 5 heteroatoms. The molecule has 2 heterocycles. The second-order valence-electron chi connectivity index (χ2n) is 9.28. The van der Waals surface area contributed by atoms with Crippen LogP contribution in [0.2, 0.25) is 0 Å². The van der Waals surface area contributed by atoms with Crippen molar-refractivity contribution < 1.29 is 9.59 Å². The predicted molar refractivity (Wildman–Crippen MR) is 116 cm³/mol. The smallest absolute Gasteiger partial charge is 0.227 e. The van der Waals surface area contributed by atoms with Crippen LogP contribution in [0.1, 0.15) is 70.3 Å². The Kier molecular flexibility index (Phi) is 6.23. The van der Waals surface area contributed by atoms with Crippen molar-refractivity contribution in [3.63, 3.8) is 0 Å². The van der Waals surface area contributed by atoms with Gasteiger partial charge >= 0.3 is 0 Å². The normalized spacial score (nSPS) is 28.6. The van der Waals surface area contributed by atoms with Crippen molar-refractivity contribution >= 4 is 17.5 Å². The first-order chi connectivity index (χ1) is 14.0. The number of nitrogens with zero attached hydrogens (tertiary/aromatic N) is 2. The standard InChI is InChI=1S/C24H35N3O2/c1-17-4-3-13-27(17)23-10-7-21(16-23)19-5-8-22(9-6-19)25-24(29)20-11-14-26(15-12-20)18(2)28/h5-6,8-9,17,20-21,23H,3-4,7,10-16H2,1-2H3,(H,25,29). The quantitative estimate of drug-likeness (QED) is 0.835. The van der Waals surface area contributed by atoms with Gasteiger partial charge in [0, 0.05) is 43.7 Å². The first-order valence-electron chi connectivity index (χ1n) is 11.4. The summed E-state index contributed by atoms with van der Waals surface area (Å²) >= 11 is 0. The van der Waals surface area contributed by atoms with E-state index in [1.54, 1.807) is 6.92 Å². The van der Waals surface area contributed by atoms with E-state index in [1.165, 1.54) is 44.2 Å². The maximum atomic E-state index is 12.6. The van der Waals surface area contributed by atoms with Gasteiger partial charge in [-0.25, -0.2) is 0 Å². The lowest BCUT2D eigenvalue weighted by atomic mass is 9.95. The van der Waals surface area contributed by atoms with Crippen molar-refractivity contribution in [2.45, 2.75) is 76.8 Å². The van der Waals surface area contributed by atoms with Crippen LogP contribution >= 0.6 is 0 Å². The van der Waals surface area contributed by atoms with E-state index in [2.05, 4.69) is 41.4 Å². The minimum Gasteiger partial charge on any atom is -0.343 e. The molecule has 1 aliphatic carbocycles. The van der Waals surface area contributed by atoms with Crippen molar-refractivity contribution in [1.29, 1.82) is 0 Å². The molecule has 3 atom stereocenters. The van der Waals surface area contributed by atoms with Crippen molar-refractivity contribution in [2.75, 3.05) is 25.0 Å². The molecule has 3 fully saturated rings. The van der Waals surface area contributed by atoms with Gasteiger partial charge in [-0.05, 0) is 82.0 Å². The molecule has 2 saturated heterocycles. The van der Waals surface area contributed by atoms with Gasteiger partial charge in [0.15, 0.2) is 0 Å². The van der Waals surface area contributed by atoms with E-state index in [-0.39, 0.29) is 17.7 Å². The molecule has 0 radical (unpaired) electrons. The second-order valence-corrected chi connectivity index (χ2v) is 9.28. The van der Waals surface area contributed by atoms with Crippen LogP contribution in [-0.4, -0.2) is 53.3 Å². The fourth-order valence-electron chi connectivity index (χ4n) is 5.60. The molecule has 2 aliphatic heterocycles. The molecule has 1 aromatic rings. The average molecular weight is 398 g/mol. The Morgan fingerprint density at radius 1 is 0.966 bits per heavy atom. The highest BCUT2D eigenvalue weighted by Crippen LogP contribution is 2.39. The van der Waals surface area contributed by atoms with Crippen LogP contribution < -0.4 is 5.32 Å². The molecule has 0 bridgehead atoms. The Hall–Kier alpha value is -1.88. The van der Waals surface area contributed by atoms with Gasteiger partial charge in [-0.15, -0.1) is 0 Å². The van der Waals surface area contributed by atoms with Crippen molar-refractivity contribution in [3.8, 4) is 0 Å². The fraction of sp³-hybridized carbons (Fsp3) is 0.667. The number of hydrogen-bond donors (Lipinski definition) is 1. The van der Waals surface area contributed by atoms with Gasteiger partial charge in [-0.3, -0.25) is 14.5 Å². The van der Waals surface area contributed by atoms with Crippen LogP contribution in [0, 0.1) is 5.92 Å². The third kappa shape index (κ3) is 4.66. The van der Waals surface area contributed by atoms with E-state index >= 15 is 0 Å². The molecule has 5 nitrogen and oxygen atoms in total. The molecule has 2 amide bonds. The van der Waals surface area contributed by atoms with Gasteiger partial charge in [0.1, 0.15) is 0 Å². The Morgan fingerprint density at radius 3 is 2.31 bits per heavy atom. The summed E-state index contributed by atoms with van der Waals surface area (Å²) in [6, 6.07) is 10.0. The zero-order valence-electron chi connectivity index (χ0n) is 17.9. The van der Waals surface area contributed by atoms with E-state index in [0.29, 0.717) is 19.0 Å². The molecule has 0 aromatic heterocycles. The Balaban J connectivity index is 1.28. The van der Waals surface area contributed by atoms with Gasteiger partial charge in [-0.2, -0.15) is 0 Å². The average Bonchev–Trinajstić information content (AvgIpc) is 3.37. The first-order valence-corrected chi connectivity index (χ1v) is 11.4. The number of carbonyl (C=O) groups is 2. The number of benzene rings is 1. The lowest BCUT2D eigenvalue weighted by Gasteiger charge is -2.30. The molecule has 1 saturated carbocycles. The number of nitrogens with one attached hydrogen (secondary N) is 1. The number of amides is 2. The molecule has 29 heavy (non-hydrogen) atoms. The number of anilines is 1. The lowest BCUT2D eigenvalue weighted by Crippen LogP contribution is -2.40. The van der Waals surface area contributed by atoms with E-state index < -0.39 is 0 Å². The van der Waals surface area contributed by atoms with Crippen LogP contribution in [0.4, 0.5) is 5.69 Å². The number of hydrogen-bond acceptors (Lipinski definition) is 3. The molecule has 158 valence electrons. The summed E-state index contributed by atoms with van der Waals surface area (Å²) in [6.45, 7) is 6.62. The van der Waals surface area contributed by atoms with Crippen LogP contribution in [-0.2, 0) is 9.59 Å².